The lowest BCUT2D eigenvalue weighted by molar-refractivity contribution is -0.138. The van der Waals surface area contributed by atoms with Gasteiger partial charge in [-0.15, -0.1) is 0 Å². The van der Waals surface area contributed by atoms with E-state index in [1.54, 1.807) is 109 Å². The molecule has 0 aliphatic carbocycles. The molecule has 3 saturated heterocycles. The number of halogens is 9. The average Bonchev–Trinajstić information content (AvgIpc) is 1.60. The van der Waals surface area contributed by atoms with Crippen LogP contribution in [-0.2, 0) is 39.7 Å². The van der Waals surface area contributed by atoms with Crippen LogP contribution in [-0.4, -0.2) is 157 Å². The van der Waals surface area contributed by atoms with Gasteiger partial charge in [-0.3, -0.25) is 42.4 Å². The Balaban J connectivity index is 0.000000131. The first-order valence-corrected chi connectivity index (χ1v) is 37.3. The van der Waals surface area contributed by atoms with E-state index in [0.29, 0.717) is 162 Å². The molecule has 0 bridgehead atoms. The first-order chi connectivity index (χ1) is 56.3. The molecule has 117 heavy (non-hydrogen) atoms. The number of aromatic nitrogens is 12. The van der Waals surface area contributed by atoms with Crippen molar-refractivity contribution in [3.05, 3.63) is 231 Å². The van der Waals surface area contributed by atoms with Crippen molar-refractivity contribution in [2.75, 3.05) is 115 Å². The summed E-state index contributed by atoms with van der Waals surface area (Å²) in [6.45, 7) is 6.43. The first-order valence-electron chi connectivity index (χ1n) is 37.3. The third-order valence-corrected chi connectivity index (χ3v) is 21.5. The summed E-state index contributed by atoms with van der Waals surface area (Å²) in [4.78, 5) is 72.0. The number of pyridine rings is 6. The number of hydrogen-bond acceptors (Lipinski definition) is 18. The maximum Gasteiger partial charge on any atom is 0.418 e. The topological polar surface area (TPSA) is 232 Å². The minimum atomic E-state index is -4.59. The Kier molecular flexibility index (Phi) is 20.8. The summed E-state index contributed by atoms with van der Waals surface area (Å²) in [5, 5.41) is 11.4. The monoisotopic (exact) mass is 1600 g/mol. The van der Waals surface area contributed by atoms with Gasteiger partial charge in [0.25, 0.3) is 0 Å². The molecule has 3 aliphatic rings. The summed E-state index contributed by atoms with van der Waals surface area (Å²) >= 11 is 0. The van der Waals surface area contributed by atoms with Crippen LogP contribution in [0.3, 0.4) is 0 Å². The molecule has 0 amide bonds. The van der Waals surface area contributed by atoms with Gasteiger partial charge in [0.15, 0.2) is 0 Å². The quantitative estimate of drug-likeness (QED) is 0.0965. The maximum atomic E-state index is 14.3. The van der Waals surface area contributed by atoms with E-state index in [4.69, 9.17) is 14.2 Å². The molecule has 9 aromatic heterocycles. The minimum absolute atomic E-state index is 0.113. The number of hydrogen-bond donors (Lipinski definition) is 3. The number of rotatable bonds is 12. The molecule has 0 spiro atoms. The molecule has 15 aromatic rings. The predicted octanol–water partition coefficient (Wildman–Crippen LogP) is 13.1. The maximum absolute atomic E-state index is 14.3. The molecule has 33 heteroatoms. The number of anilines is 3. The average molecular weight is 1600 g/mol. The number of benzene rings is 6. The fraction of sp³-hybridized carbons (Fsp3) is 0.250. The van der Waals surface area contributed by atoms with Crippen LogP contribution in [0.1, 0.15) is 16.7 Å². The second kappa shape index (κ2) is 31.2. The first kappa shape index (κ1) is 77.8. The van der Waals surface area contributed by atoms with Crippen LogP contribution in [0, 0.1) is 0 Å². The van der Waals surface area contributed by atoms with Gasteiger partial charge in [0.1, 0.15) is 0 Å². The van der Waals surface area contributed by atoms with Gasteiger partial charge in [-0.25, -0.2) is 29.3 Å². The molecule has 3 fully saturated rings. The van der Waals surface area contributed by atoms with Gasteiger partial charge >= 0.3 is 35.6 Å². The summed E-state index contributed by atoms with van der Waals surface area (Å²) < 4.78 is 152. The molecule has 18 rings (SSSR count). The largest absolute Gasteiger partial charge is 0.481 e. The van der Waals surface area contributed by atoms with E-state index in [9.17, 15) is 53.9 Å². The van der Waals surface area contributed by atoms with Crippen molar-refractivity contribution < 1.29 is 53.7 Å². The van der Waals surface area contributed by atoms with Gasteiger partial charge in [-0.1, -0.05) is 18.2 Å². The SMILES string of the molecule is COc1ccc(-c2ccc3ncc4c(c3c2)n(-c2ccc(N3CCNCC3)c(C(F)(F)F)c2)c(=O)n4C)cn1.COc1ccc(-c2ccc3ncc4c(c3c2)n(-c2ccc(N3CCNCC3)c(C(F)(F)F)c2)c(=O)n4C)cn1.COc1ccc(-c2ccc3ncc4c(c3c2)n(-c2ccc(N3CCNCC3)c(C(F)(F)F)c2)c(=O)n4C)cn1. The highest BCUT2D eigenvalue weighted by molar-refractivity contribution is 6.07. The van der Waals surface area contributed by atoms with Crippen LogP contribution < -0.4 is 61.9 Å². The second-order valence-corrected chi connectivity index (χ2v) is 28.3. The normalized spacial score (nSPS) is 14.3. The zero-order chi connectivity index (χ0) is 81.9. The van der Waals surface area contributed by atoms with Gasteiger partial charge in [0, 0.05) is 186 Å². The van der Waals surface area contributed by atoms with Gasteiger partial charge in [-0.2, -0.15) is 39.5 Å². The van der Waals surface area contributed by atoms with E-state index in [2.05, 4.69) is 45.9 Å². The molecule has 12 heterocycles. The Hall–Kier alpha value is -13.1. The minimum Gasteiger partial charge on any atom is -0.481 e. The molecular weight excluding hydrogens is 1530 g/mol. The van der Waals surface area contributed by atoms with E-state index in [-0.39, 0.29) is 34.1 Å². The van der Waals surface area contributed by atoms with Crippen LogP contribution in [0.2, 0.25) is 0 Å². The number of piperazine rings is 3. The van der Waals surface area contributed by atoms with Crippen molar-refractivity contribution in [2.45, 2.75) is 18.5 Å². The van der Waals surface area contributed by atoms with Crippen molar-refractivity contribution in [1.82, 2.24) is 73.3 Å². The van der Waals surface area contributed by atoms with Crippen LogP contribution in [0.5, 0.6) is 17.6 Å². The molecular formula is C84H75F9N18O6. The molecule has 3 aliphatic heterocycles. The summed E-state index contributed by atoms with van der Waals surface area (Å²) in [5.74, 6) is 1.43. The number of aryl methyl sites for hydroxylation is 3. The van der Waals surface area contributed by atoms with E-state index < -0.39 is 52.3 Å². The van der Waals surface area contributed by atoms with Crippen LogP contribution >= 0.6 is 0 Å². The summed E-state index contributed by atoms with van der Waals surface area (Å²) in [6, 6.07) is 40.0. The smallest absolute Gasteiger partial charge is 0.418 e. The summed E-state index contributed by atoms with van der Waals surface area (Å²) in [6.07, 6.45) is -4.03. The molecule has 0 saturated carbocycles. The Morgan fingerprint density at radius 1 is 0.316 bits per heavy atom. The van der Waals surface area contributed by atoms with Crippen LogP contribution in [0.25, 0.3) is 116 Å². The van der Waals surface area contributed by atoms with Crippen molar-refractivity contribution in [1.29, 1.82) is 0 Å². The van der Waals surface area contributed by atoms with E-state index in [1.165, 1.54) is 66.9 Å². The number of alkyl halides is 9. The molecule has 24 nitrogen and oxygen atoms in total. The van der Waals surface area contributed by atoms with Gasteiger partial charge < -0.3 is 44.9 Å². The van der Waals surface area contributed by atoms with Gasteiger partial charge in [0.2, 0.25) is 17.6 Å². The van der Waals surface area contributed by atoms with Crippen molar-refractivity contribution in [3.8, 4) is 68.1 Å². The van der Waals surface area contributed by atoms with Crippen molar-refractivity contribution in [3.63, 3.8) is 0 Å². The summed E-state index contributed by atoms with van der Waals surface area (Å²) in [5.41, 5.74) is 6.81. The van der Waals surface area contributed by atoms with Gasteiger partial charge in [0.05, 0.1) is 123 Å². The lowest BCUT2D eigenvalue weighted by Gasteiger charge is -2.31. The Morgan fingerprint density at radius 3 is 0.803 bits per heavy atom. The number of fused-ring (bicyclic) bond motifs is 9. The zero-order valence-corrected chi connectivity index (χ0v) is 63.9. The fourth-order valence-electron chi connectivity index (χ4n) is 15.5. The van der Waals surface area contributed by atoms with Crippen molar-refractivity contribution >= 4 is 82.9 Å². The van der Waals surface area contributed by atoms with Crippen molar-refractivity contribution in [2.24, 2.45) is 21.1 Å². The number of imidazole rings is 3. The standard InChI is InChI=1S/3C28H25F3N6O2/c3*1-35-24-16-33-22-6-3-17(18-4-8-25(39-2)34-15-18)13-20(22)26(24)37(27(35)38)19-5-7-23(21(14-19)28(29,30)31)36-11-9-32-10-12-36/h3*3-8,13-16,32H,9-12H2,1-2H3. The number of nitrogens with one attached hydrogen (secondary N) is 3. The zero-order valence-electron chi connectivity index (χ0n) is 63.9. The van der Waals surface area contributed by atoms with E-state index >= 15 is 0 Å². The molecule has 600 valence electrons. The number of ether oxygens (including phenoxy) is 3. The number of methoxy groups -OCH3 is 3. The predicted molar refractivity (Wildman–Crippen MR) is 431 cm³/mol. The third-order valence-electron chi connectivity index (χ3n) is 21.5. The Morgan fingerprint density at radius 2 is 0.573 bits per heavy atom. The Bertz CT molecular complexity index is 5880. The highest BCUT2D eigenvalue weighted by Crippen LogP contribution is 2.44. The fourth-order valence-corrected chi connectivity index (χ4v) is 15.5. The number of nitrogens with zero attached hydrogens (tertiary/aromatic N) is 15. The van der Waals surface area contributed by atoms with Crippen LogP contribution in [0.4, 0.5) is 56.6 Å². The highest BCUT2D eigenvalue weighted by atomic mass is 19.4. The van der Waals surface area contributed by atoms with E-state index in [0.717, 1.165) is 51.6 Å². The molecule has 0 radical (unpaired) electrons. The molecule has 6 aromatic carbocycles. The second-order valence-electron chi connectivity index (χ2n) is 28.3. The molecule has 3 N–H and O–H groups in total. The third kappa shape index (κ3) is 14.8. The van der Waals surface area contributed by atoms with Gasteiger partial charge in [-0.05, 0) is 126 Å². The Labute approximate surface area is 660 Å². The molecule has 0 atom stereocenters. The summed E-state index contributed by atoms with van der Waals surface area (Å²) in [7, 11) is 9.38. The highest BCUT2D eigenvalue weighted by Gasteiger charge is 2.39. The lowest BCUT2D eigenvalue weighted by Crippen LogP contribution is -2.44. The molecule has 0 unspecified atom stereocenters. The lowest BCUT2D eigenvalue weighted by atomic mass is 10.0. The van der Waals surface area contributed by atoms with E-state index in [1.807, 2.05) is 72.8 Å². The van der Waals surface area contributed by atoms with Crippen LogP contribution in [0.15, 0.2) is 197 Å².